The molecule has 1 N–H and O–H groups in total. The molecule has 1 aliphatic rings. The highest BCUT2D eigenvalue weighted by Gasteiger charge is 2.20. The van der Waals surface area contributed by atoms with E-state index >= 15 is 0 Å². The molecule has 1 fully saturated rings. The van der Waals surface area contributed by atoms with Gasteiger partial charge in [0.05, 0.1) is 5.69 Å². The van der Waals surface area contributed by atoms with Crippen LogP contribution in [0.3, 0.4) is 0 Å². The number of tetrazole rings is 1. The first-order valence-corrected chi connectivity index (χ1v) is 6.41. The zero-order chi connectivity index (χ0) is 12.4. The molecule has 0 spiro atoms. The fourth-order valence-electron chi connectivity index (χ4n) is 2.36. The smallest absolute Gasteiger partial charge is 0.178 e. The summed E-state index contributed by atoms with van der Waals surface area (Å²) >= 11 is 0. The lowest BCUT2D eigenvalue weighted by molar-refractivity contribution is 0.444. The molecule has 0 bridgehead atoms. The van der Waals surface area contributed by atoms with Gasteiger partial charge in [-0.1, -0.05) is 18.2 Å². The van der Waals surface area contributed by atoms with Crippen LogP contribution in [0.2, 0.25) is 0 Å². The maximum atomic E-state index is 4.53. The Labute approximate surface area is 106 Å². The van der Waals surface area contributed by atoms with Crippen molar-refractivity contribution in [2.45, 2.75) is 25.7 Å². The molecule has 3 rings (SSSR count). The molecule has 0 atom stereocenters. The molecule has 5 heteroatoms. The first-order chi connectivity index (χ1) is 8.84. The fraction of sp³-hybridized carbons (Fsp3) is 0.462. The molecule has 1 aromatic carbocycles. The van der Waals surface area contributed by atoms with Gasteiger partial charge in [-0.2, -0.15) is 0 Å². The van der Waals surface area contributed by atoms with Crippen LogP contribution in [-0.2, 0) is 0 Å². The summed E-state index contributed by atoms with van der Waals surface area (Å²) < 4.78 is 0. The summed E-state index contributed by atoms with van der Waals surface area (Å²) in [6.07, 6.45) is 2.19. The van der Waals surface area contributed by atoms with Crippen LogP contribution < -0.4 is 5.32 Å². The molecule has 1 aliphatic heterocycles. The highest BCUT2D eigenvalue weighted by atomic mass is 15.6. The van der Waals surface area contributed by atoms with Gasteiger partial charge in [-0.15, -0.1) is 15.0 Å². The number of piperidine rings is 1. The van der Waals surface area contributed by atoms with Gasteiger partial charge in [-0.25, -0.2) is 0 Å². The van der Waals surface area contributed by atoms with E-state index in [0.717, 1.165) is 43.0 Å². The Bertz CT molecular complexity index is 528. The largest absolute Gasteiger partial charge is 0.317 e. The first kappa shape index (κ1) is 11.3. The average Bonchev–Trinajstić information content (AvgIpc) is 2.90. The van der Waals surface area contributed by atoms with Crippen molar-refractivity contribution >= 4 is 0 Å². The number of aryl methyl sites for hydroxylation is 1. The molecule has 0 aliphatic carbocycles. The van der Waals surface area contributed by atoms with Crippen molar-refractivity contribution < 1.29 is 0 Å². The number of para-hydroxylation sites is 1. The summed E-state index contributed by atoms with van der Waals surface area (Å²) in [4.78, 5) is 1.65. The van der Waals surface area contributed by atoms with Crippen LogP contribution in [0.5, 0.6) is 0 Å². The van der Waals surface area contributed by atoms with E-state index in [1.807, 2.05) is 18.2 Å². The minimum Gasteiger partial charge on any atom is -0.317 e. The lowest BCUT2D eigenvalue weighted by Crippen LogP contribution is -2.27. The second kappa shape index (κ2) is 4.86. The molecule has 2 heterocycles. The molecule has 5 nitrogen and oxygen atoms in total. The Morgan fingerprint density at radius 3 is 2.78 bits per heavy atom. The van der Waals surface area contributed by atoms with E-state index in [-0.39, 0.29) is 0 Å². The van der Waals surface area contributed by atoms with Crippen LogP contribution in [0.15, 0.2) is 24.3 Å². The first-order valence-electron chi connectivity index (χ1n) is 6.41. The Kier molecular flexibility index (Phi) is 3.06. The molecule has 1 saturated heterocycles. The quantitative estimate of drug-likeness (QED) is 0.867. The predicted octanol–water partition coefficient (Wildman–Crippen LogP) is 1.44. The van der Waals surface area contributed by atoms with Crippen LogP contribution in [0.1, 0.15) is 30.1 Å². The van der Waals surface area contributed by atoms with Gasteiger partial charge in [-0.3, -0.25) is 0 Å². The number of rotatable bonds is 2. The number of hydrogen-bond donors (Lipinski definition) is 1. The number of benzene rings is 1. The van der Waals surface area contributed by atoms with Gasteiger partial charge in [0.1, 0.15) is 0 Å². The summed E-state index contributed by atoms with van der Waals surface area (Å²) in [7, 11) is 0. The van der Waals surface area contributed by atoms with Crippen LogP contribution in [0.4, 0.5) is 0 Å². The van der Waals surface area contributed by atoms with Gasteiger partial charge in [-0.05, 0) is 49.7 Å². The maximum absolute atomic E-state index is 4.53. The Balaban J connectivity index is 1.87. The monoisotopic (exact) mass is 243 g/mol. The van der Waals surface area contributed by atoms with E-state index in [2.05, 4.69) is 33.7 Å². The fourth-order valence-corrected chi connectivity index (χ4v) is 2.36. The normalized spacial score (nSPS) is 16.9. The summed E-state index contributed by atoms with van der Waals surface area (Å²) in [5.41, 5.74) is 2.16. The van der Waals surface area contributed by atoms with Crippen LogP contribution in [0, 0.1) is 6.92 Å². The minimum absolute atomic E-state index is 0.448. The second-order valence-electron chi connectivity index (χ2n) is 4.75. The number of nitrogens with zero attached hydrogens (tertiary/aromatic N) is 4. The summed E-state index contributed by atoms with van der Waals surface area (Å²) in [5.74, 6) is 1.32. The second-order valence-corrected chi connectivity index (χ2v) is 4.75. The summed E-state index contributed by atoms with van der Waals surface area (Å²) in [5, 5.41) is 16.3. The van der Waals surface area contributed by atoms with Crippen LogP contribution in [0.25, 0.3) is 5.69 Å². The van der Waals surface area contributed by atoms with E-state index in [4.69, 9.17) is 0 Å². The van der Waals surface area contributed by atoms with Crippen molar-refractivity contribution in [3.05, 3.63) is 35.7 Å². The van der Waals surface area contributed by atoms with E-state index in [1.54, 1.807) is 4.80 Å². The van der Waals surface area contributed by atoms with Gasteiger partial charge < -0.3 is 5.32 Å². The topological polar surface area (TPSA) is 55.6 Å². The van der Waals surface area contributed by atoms with Crippen molar-refractivity contribution in [3.63, 3.8) is 0 Å². The molecular weight excluding hydrogens is 226 g/mol. The summed E-state index contributed by atoms with van der Waals surface area (Å²) in [6, 6.07) is 8.09. The third kappa shape index (κ3) is 2.13. The molecule has 1 aromatic heterocycles. The molecule has 0 unspecified atom stereocenters. The van der Waals surface area contributed by atoms with E-state index in [1.165, 1.54) is 0 Å². The average molecular weight is 243 g/mol. The predicted molar refractivity (Wildman–Crippen MR) is 68.7 cm³/mol. The SMILES string of the molecule is Cc1ccccc1-n1nnc(C2CCNCC2)n1. The van der Waals surface area contributed by atoms with E-state index < -0.39 is 0 Å². The van der Waals surface area contributed by atoms with Crippen molar-refractivity contribution in [2.75, 3.05) is 13.1 Å². The van der Waals surface area contributed by atoms with Gasteiger partial charge >= 0.3 is 0 Å². The molecule has 94 valence electrons. The molecule has 0 saturated carbocycles. The Hall–Kier alpha value is -1.75. The van der Waals surface area contributed by atoms with Crippen molar-refractivity contribution in [1.82, 2.24) is 25.5 Å². The Morgan fingerprint density at radius 2 is 2.00 bits per heavy atom. The molecule has 0 amide bonds. The van der Waals surface area contributed by atoms with Gasteiger partial charge in [0, 0.05) is 5.92 Å². The number of nitrogens with one attached hydrogen (secondary N) is 1. The maximum Gasteiger partial charge on any atom is 0.178 e. The van der Waals surface area contributed by atoms with Gasteiger partial charge in [0.2, 0.25) is 0 Å². The third-order valence-electron chi connectivity index (χ3n) is 3.46. The third-order valence-corrected chi connectivity index (χ3v) is 3.46. The van der Waals surface area contributed by atoms with Crippen molar-refractivity contribution in [1.29, 1.82) is 0 Å². The lowest BCUT2D eigenvalue weighted by Gasteiger charge is -2.19. The molecule has 0 radical (unpaired) electrons. The highest BCUT2D eigenvalue weighted by molar-refractivity contribution is 5.37. The van der Waals surface area contributed by atoms with E-state index in [9.17, 15) is 0 Å². The van der Waals surface area contributed by atoms with Crippen molar-refractivity contribution in [2.24, 2.45) is 0 Å². The van der Waals surface area contributed by atoms with Gasteiger partial charge in [0.25, 0.3) is 0 Å². The van der Waals surface area contributed by atoms with Crippen molar-refractivity contribution in [3.8, 4) is 5.69 Å². The zero-order valence-corrected chi connectivity index (χ0v) is 10.5. The zero-order valence-electron chi connectivity index (χ0n) is 10.5. The van der Waals surface area contributed by atoms with Crippen LogP contribution in [-0.4, -0.2) is 33.3 Å². The van der Waals surface area contributed by atoms with Gasteiger partial charge in [0.15, 0.2) is 5.82 Å². The molecular formula is C13H17N5. The van der Waals surface area contributed by atoms with Crippen LogP contribution >= 0.6 is 0 Å². The number of hydrogen-bond acceptors (Lipinski definition) is 4. The van der Waals surface area contributed by atoms with E-state index in [0.29, 0.717) is 5.92 Å². The standard InChI is InChI=1S/C13H17N5/c1-10-4-2-3-5-12(10)18-16-13(15-17-18)11-6-8-14-9-7-11/h2-5,11,14H,6-9H2,1H3. The molecule has 2 aromatic rings. The lowest BCUT2D eigenvalue weighted by atomic mass is 9.98. The number of aromatic nitrogens is 4. The molecule has 18 heavy (non-hydrogen) atoms. The summed E-state index contributed by atoms with van der Waals surface area (Å²) in [6.45, 7) is 4.15. The highest BCUT2D eigenvalue weighted by Crippen LogP contribution is 2.21. The minimum atomic E-state index is 0.448. The Morgan fingerprint density at radius 1 is 1.22 bits per heavy atom.